The van der Waals surface area contributed by atoms with Gasteiger partial charge in [0.05, 0.1) is 22.8 Å². The predicted octanol–water partition coefficient (Wildman–Crippen LogP) is 3.15. The number of carbonyl (C=O) groups excluding carboxylic acids is 1. The Morgan fingerprint density at radius 1 is 1.13 bits per heavy atom. The lowest BCUT2D eigenvalue weighted by molar-refractivity contribution is -0.121. The van der Waals surface area contributed by atoms with Crippen LogP contribution in [0.2, 0.25) is 0 Å². The van der Waals surface area contributed by atoms with Crippen molar-refractivity contribution in [2.24, 2.45) is 0 Å². The second-order valence-electron chi connectivity index (χ2n) is 6.68. The summed E-state index contributed by atoms with van der Waals surface area (Å²) < 4.78 is 39.7. The fraction of sp³-hybridized carbons (Fsp3) is 0.238. The lowest BCUT2D eigenvalue weighted by atomic mass is 10.2. The quantitative estimate of drug-likeness (QED) is 0.485. The second-order valence-corrected chi connectivity index (χ2v) is 8.45. The molecule has 1 heterocycles. The smallest absolute Gasteiger partial charge is 0.240 e. The number of imidazole rings is 1. The summed E-state index contributed by atoms with van der Waals surface area (Å²) in [5.41, 5.74) is 1.85. The van der Waals surface area contributed by atoms with E-state index in [2.05, 4.69) is 20.0 Å². The van der Waals surface area contributed by atoms with Gasteiger partial charge in [-0.2, -0.15) is 0 Å². The van der Waals surface area contributed by atoms with E-state index in [1.807, 2.05) is 37.3 Å². The van der Waals surface area contributed by atoms with Crippen molar-refractivity contribution in [3.63, 3.8) is 0 Å². The molecule has 0 aliphatic carbocycles. The Hall–Kier alpha value is -3.04. The molecule has 0 saturated heterocycles. The zero-order valence-corrected chi connectivity index (χ0v) is 17.2. The van der Waals surface area contributed by atoms with Crippen LogP contribution in [0.3, 0.4) is 0 Å². The van der Waals surface area contributed by atoms with Gasteiger partial charge in [0.15, 0.2) is 0 Å². The summed E-state index contributed by atoms with van der Waals surface area (Å²) in [6.45, 7) is 1.85. The number of H-pyrrole nitrogens is 1. The number of hydrogen-bond acceptors (Lipinski definition) is 4. The average Bonchev–Trinajstić information content (AvgIpc) is 3.23. The third kappa shape index (κ3) is 5.52. The van der Waals surface area contributed by atoms with E-state index >= 15 is 0 Å². The Kier molecular flexibility index (Phi) is 6.96. The minimum atomic E-state index is -3.80. The Bertz CT molecular complexity index is 1080. The zero-order chi connectivity index (χ0) is 21.6. The first kappa shape index (κ1) is 21.7. The molecule has 0 fully saturated rings. The third-order valence-electron chi connectivity index (χ3n) is 4.52. The lowest BCUT2D eigenvalue weighted by Crippen LogP contribution is -2.33. The van der Waals surface area contributed by atoms with Crippen LogP contribution in [0.25, 0.3) is 11.3 Å². The van der Waals surface area contributed by atoms with Crippen molar-refractivity contribution in [2.75, 3.05) is 6.54 Å². The molecule has 1 aromatic heterocycles. The van der Waals surface area contributed by atoms with Crippen LogP contribution in [-0.4, -0.2) is 30.8 Å². The minimum Gasteiger partial charge on any atom is -0.346 e. The maximum Gasteiger partial charge on any atom is 0.240 e. The molecule has 30 heavy (non-hydrogen) atoms. The molecule has 7 nitrogen and oxygen atoms in total. The van der Waals surface area contributed by atoms with Gasteiger partial charge in [-0.15, -0.1) is 0 Å². The number of nitrogens with one attached hydrogen (secondary N) is 3. The topological polar surface area (TPSA) is 104 Å². The zero-order valence-electron chi connectivity index (χ0n) is 16.4. The van der Waals surface area contributed by atoms with E-state index in [4.69, 9.17) is 0 Å². The van der Waals surface area contributed by atoms with Gasteiger partial charge >= 0.3 is 0 Å². The van der Waals surface area contributed by atoms with E-state index in [1.54, 1.807) is 6.20 Å². The van der Waals surface area contributed by atoms with Crippen LogP contribution in [0.1, 0.15) is 31.6 Å². The Labute approximate surface area is 174 Å². The van der Waals surface area contributed by atoms with Gasteiger partial charge < -0.3 is 10.3 Å². The fourth-order valence-corrected chi connectivity index (χ4v) is 3.94. The van der Waals surface area contributed by atoms with Gasteiger partial charge in [0.25, 0.3) is 0 Å². The highest BCUT2D eigenvalue weighted by atomic mass is 32.2. The minimum absolute atomic E-state index is 0.0385. The molecule has 0 saturated carbocycles. The van der Waals surface area contributed by atoms with Crippen LogP contribution in [-0.2, 0) is 14.8 Å². The highest BCUT2D eigenvalue weighted by Crippen LogP contribution is 2.20. The summed E-state index contributed by atoms with van der Waals surface area (Å²) >= 11 is 0. The highest BCUT2D eigenvalue weighted by molar-refractivity contribution is 7.89. The van der Waals surface area contributed by atoms with Crippen LogP contribution < -0.4 is 10.0 Å². The summed E-state index contributed by atoms with van der Waals surface area (Å²) in [5, 5.41) is 2.86. The maximum absolute atomic E-state index is 12.9. The highest BCUT2D eigenvalue weighted by Gasteiger charge is 2.18. The summed E-state index contributed by atoms with van der Waals surface area (Å²) in [7, 11) is -3.80. The first-order chi connectivity index (χ1) is 14.4. The summed E-state index contributed by atoms with van der Waals surface area (Å²) in [6.07, 6.45) is 2.30. The molecule has 1 amide bonds. The standard InChI is InChI=1S/C21H23FN4O3S/c1-2-18(21-23-14-19(26-21)15-6-4-3-5-7-15)25-20(27)12-13-24-30(28,29)17-10-8-16(22)9-11-17/h3-11,14,18,24H,2,12-13H2,1H3,(H,23,26)(H,25,27). The first-order valence-electron chi connectivity index (χ1n) is 9.54. The molecule has 0 radical (unpaired) electrons. The fourth-order valence-electron chi connectivity index (χ4n) is 2.90. The average molecular weight is 431 g/mol. The molecule has 3 rings (SSSR count). The van der Waals surface area contributed by atoms with Crippen LogP contribution in [0.15, 0.2) is 65.7 Å². The molecule has 3 aromatic rings. The summed E-state index contributed by atoms with van der Waals surface area (Å²) in [4.78, 5) is 19.8. The predicted molar refractivity (Wildman–Crippen MR) is 111 cm³/mol. The number of aromatic nitrogens is 2. The van der Waals surface area contributed by atoms with Crippen LogP contribution in [0.5, 0.6) is 0 Å². The number of nitrogens with zero attached hydrogens (tertiary/aromatic N) is 1. The molecule has 0 aliphatic heterocycles. The van der Waals surface area contributed by atoms with Crippen molar-refractivity contribution in [1.82, 2.24) is 20.0 Å². The van der Waals surface area contributed by atoms with Crippen molar-refractivity contribution in [1.29, 1.82) is 0 Å². The Morgan fingerprint density at radius 3 is 2.50 bits per heavy atom. The van der Waals surface area contributed by atoms with E-state index < -0.39 is 15.8 Å². The Morgan fingerprint density at radius 2 is 1.83 bits per heavy atom. The van der Waals surface area contributed by atoms with Crippen LogP contribution >= 0.6 is 0 Å². The summed E-state index contributed by atoms with van der Waals surface area (Å²) in [6, 6.07) is 13.9. The maximum atomic E-state index is 12.9. The number of benzene rings is 2. The summed E-state index contributed by atoms with van der Waals surface area (Å²) in [5.74, 6) is -0.190. The number of halogens is 1. The van der Waals surface area contributed by atoms with Gasteiger partial charge in [-0.1, -0.05) is 37.3 Å². The molecular weight excluding hydrogens is 407 g/mol. The van der Waals surface area contributed by atoms with Crippen molar-refractivity contribution in [3.05, 3.63) is 72.4 Å². The van der Waals surface area contributed by atoms with Crippen LogP contribution in [0.4, 0.5) is 4.39 Å². The van der Waals surface area contributed by atoms with Gasteiger partial charge in [0.2, 0.25) is 15.9 Å². The monoisotopic (exact) mass is 430 g/mol. The number of carbonyl (C=O) groups is 1. The second kappa shape index (κ2) is 9.64. The van der Waals surface area contributed by atoms with Gasteiger partial charge in [-0.25, -0.2) is 22.5 Å². The molecule has 0 aliphatic rings. The van der Waals surface area contributed by atoms with Crippen molar-refractivity contribution in [2.45, 2.75) is 30.7 Å². The molecular formula is C21H23FN4O3S. The lowest BCUT2D eigenvalue weighted by Gasteiger charge is -2.15. The van der Waals surface area contributed by atoms with Crippen molar-refractivity contribution >= 4 is 15.9 Å². The van der Waals surface area contributed by atoms with E-state index in [9.17, 15) is 17.6 Å². The normalized spacial score (nSPS) is 12.5. The van der Waals surface area contributed by atoms with Crippen LogP contribution in [0, 0.1) is 5.82 Å². The molecule has 158 valence electrons. The number of rotatable bonds is 9. The van der Waals surface area contributed by atoms with Gasteiger partial charge in [0.1, 0.15) is 11.6 Å². The number of amides is 1. The number of sulfonamides is 1. The van der Waals surface area contributed by atoms with Crippen molar-refractivity contribution < 1.29 is 17.6 Å². The van der Waals surface area contributed by atoms with Gasteiger partial charge in [-0.05, 0) is 36.2 Å². The van der Waals surface area contributed by atoms with Gasteiger partial charge in [-0.3, -0.25) is 4.79 Å². The number of aromatic amines is 1. The van der Waals surface area contributed by atoms with E-state index in [0.717, 1.165) is 23.4 Å². The molecule has 2 aromatic carbocycles. The third-order valence-corrected chi connectivity index (χ3v) is 6.00. The van der Waals surface area contributed by atoms with E-state index in [-0.39, 0.29) is 29.8 Å². The molecule has 0 bridgehead atoms. The molecule has 1 atom stereocenters. The van der Waals surface area contributed by atoms with E-state index in [0.29, 0.717) is 12.2 Å². The van der Waals surface area contributed by atoms with Gasteiger partial charge in [0, 0.05) is 13.0 Å². The molecule has 1 unspecified atom stereocenters. The molecule has 0 spiro atoms. The molecule has 9 heteroatoms. The largest absolute Gasteiger partial charge is 0.346 e. The number of hydrogen-bond donors (Lipinski definition) is 3. The Balaban J connectivity index is 1.54. The SMILES string of the molecule is CCC(NC(=O)CCNS(=O)(=O)c1ccc(F)cc1)c1ncc(-c2ccccc2)[nH]1. The van der Waals surface area contributed by atoms with E-state index in [1.165, 1.54) is 12.1 Å². The van der Waals surface area contributed by atoms with Crippen molar-refractivity contribution in [3.8, 4) is 11.3 Å². The molecule has 3 N–H and O–H groups in total. The first-order valence-corrected chi connectivity index (χ1v) is 11.0.